The molecule has 33 heavy (non-hydrogen) atoms. The van der Waals surface area contributed by atoms with Gasteiger partial charge in [0.05, 0.1) is 11.3 Å². The van der Waals surface area contributed by atoms with Gasteiger partial charge >= 0.3 is 0 Å². The predicted octanol–water partition coefficient (Wildman–Crippen LogP) is 2.89. The molecule has 0 aromatic heterocycles. The molecule has 0 atom stereocenters. The molecule has 0 spiro atoms. The quantitative estimate of drug-likeness (QED) is 0.247. The van der Waals surface area contributed by atoms with Gasteiger partial charge in [0.25, 0.3) is 11.8 Å². The van der Waals surface area contributed by atoms with Gasteiger partial charge in [-0.2, -0.15) is 0 Å². The van der Waals surface area contributed by atoms with Crippen molar-refractivity contribution >= 4 is 29.3 Å². The molecule has 0 saturated carbocycles. The summed E-state index contributed by atoms with van der Waals surface area (Å²) in [5, 5.41) is 5.60. The molecule has 0 heterocycles. The largest absolute Gasteiger partial charge is 0.403 e. The Bertz CT molecular complexity index is 1130. The van der Waals surface area contributed by atoms with E-state index >= 15 is 0 Å². The molecule has 3 rings (SSSR count). The highest BCUT2D eigenvalue weighted by Crippen LogP contribution is 2.30. The molecule has 0 aliphatic carbocycles. The number of hydrazine groups is 1. The predicted molar refractivity (Wildman–Crippen MR) is 132 cm³/mol. The molecule has 8 heteroatoms. The lowest BCUT2D eigenvalue weighted by atomic mass is 10.1. The van der Waals surface area contributed by atoms with E-state index in [-0.39, 0.29) is 11.8 Å². The highest BCUT2D eigenvalue weighted by Gasteiger charge is 2.11. The van der Waals surface area contributed by atoms with Gasteiger partial charge in [-0.15, -0.1) is 0 Å². The average molecular weight is 462 g/mol. The third-order valence-corrected chi connectivity index (χ3v) is 6.07. The number of hydrogen-bond donors (Lipinski definition) is 5. The van der Waals surface area contributed by atoms with E-state index in [1.54, 1.807) is 25.2 Å². The Morgan fingerprint density at radius 3 is 2.21 bits per heavy atom. The molecule has 170 valence electrons. The van der Waals surface area contributed by atoms with Crippen LogP contribution in [0.5, 0.6) is 0 Å². The molecule has 3 aromatic carbocycles. The zero-order valence-electron chi connectivity index (χ0n) is 18.3. The molecule has 0 aliphatic rings. The standard InChI is InChI=1S/C25H27N5O2S/c1-28-25(32)21-4-2-3-5-23(21)33-20-12-10-19(11-13-20)24(31)29-15-14-17-6-8-18(9-7-17)22(16-26)30-27/h2-13,16,30H,14-15,26-27H2,1H3,(H,28,32)(H,29,31)/b22-16-. The van der Waals surface area contributed by atoms with Crippen LogP contribution >= 0.6 is 11.8 Å². The molecule has 0 radical (unpaired) electrons. The number of nitrogens with one attached hydrogen (secondary N) is 3. The van der Waals surface area contributed by atoms with Crippen LogP contribution in [0.25, 0.3) is 5.70 Å². The maximum atomic E-state index is 12.5. The molecular formula is C25H27N5O2S. The van der Waals surface area contributed by atoms with Gasteiger partial charge < -0.3 is 21.8 Å². The fraction of sp³-hybridized carbons (Fsp3) is 0.120. The summed E-state index contributed by atoms with van der Waals surface area (Å²) in [5.41, 5.74) is 11.9. The second kappa shape index (κ2) is 11.8. The van der Waals surface area contributed by atoms with E-state index < -0.39 is 0 Å². The molecule has 0 fully saturated rings. The fourth-order valence-electron chi connectivity index (χ4n) is 3.18. The zero-order chi connectivity index (χ0) is 23.6. The van der Waals surface area contributed by atoms with Gasteiger partial charge in [0.15, 0.2) is 0 Å². The first-order chi connectivity index (χ1) is 16.0. The number of benzene rings is 3. The van der Waals surface area contributed by atoms with Crippen molar-refractivity contribution in [2.24, 2.45) is 11.6 Å². The van der Waals surface area contributed by atoms with E-state index in [0.717, 1.165) is 20.9 Å². The summed E-state index contributed by atoms with van der Waals surface area (Å²) in [6.45, 7) is 0.517. The van der Waals surface area contributed by atoms with Gasteiger partial charge in [0.1, 0.15) is 0 Å². The SMILES string of the molecule is CNC(=O)c1ccccc1Sc1ccc(C(=O)NCCc2ccc(/C(=C/N)NN)cc2)cc1. The van der Waals surface area contributed by atoms with Crippen molar-refractivity contribution in [1.82, 2.24) is 16.1 Å². The molecule has 2 amide bonds. The Kier molecular flexibility index (Phi) is 8.51. The normalized spacial score (nSPS) is 11.0. The van der Waals surface area contributed by atoms with Gasteiger partial charge in [-0.3, -0.25) is 15.4 Å². The van der Waals surface area contributed by atoms with Crippen molar-refractivity contribution in [3.05, 3.63) is 101 Å². The third-order valence-electron chi connectivity index (χ3n) is 4.99. The first-order valence-electron chi connectivity index (χ1n) is 10.4. The smallest absolute Gasteiger partial charge is 0.252 e. The first kappa shape index (κ1) is 23.9. The van der Waals surface area contributed by atoms with Crippen molar-refractivity contribution in [3.8, 4) is 0 Å². The van der Waals surface area contributed by atoms with E-state index in [0.29, 0.717) is 29.8 Å². The van der Waals surface area contributed by atoms with Gasteiger partial charge in [0, 0.05) is 40.7 Å². The first-order valence-corrected chi connectivity index (χ1v) is 11.2. The lowest BCUT2D eigenvalue weighted by molar-refractivity contribution is 0.0948. The van der Waals surface area contributed by atoms with Crippen LogP contribution in [0.1, 0.15) is 31.8 Å². The third kappa shape index (κ3) is 6.38. The van der Waals surface area contributed by atoms with Crippen molar-refractivity contribution in [2.75, 3.05) is 13.6 Å². The average Bonchev–Trinajstić information content (AvgIpc) is 2.86. The van der Waals surface area contributed by atoms with E-state index in [1.807, 2.05) is 54.6 Å². The summed E-state index contributed by atoms with van der Waals surface area (Å²) in [4.78, 5) is 26.3. The number of amides is 2. The van der Waals surface area contributed by atoms with Crippen LogP contribution < -0.4 is 27.6 Å². The van der Waals surface area contributed by atoms with Crippen LogP contribution in [0, 0.1) is 0 Å². The minimum atomic E-state index is -0.130. The van der Waals surface area contributed by atoms with Gasteiger partial charge in [-0.1, -0.05) is 48.2 Å². The van der Waals surface area contributed by atoms with Gasteiger partial charge in [-0.05, 0) is 48.4 Å². The summed E-state index contributed by atoms with van der Waals surface area (Å²) in [6.07, 6.45) is 2.12. The lowest BCUT2D eigenvalue weighted by Crippen LogP contribution is -2.25. The number of hydrogen-bond acceptors (Lipinski definition) is 6. The van der Waals surface area contributed by atoms with Crippen molar-refractivity contribution in [1.29, 1.82) is 0 Å². The minimum absolute atomic E-state index is 0.129. The second-order valence-electron chi connectivity index (χ2n) is 7.13. The van der Waals surface area contributed by atoms with Crippen LogP contribution in [0.4, 0.5) is 0 Å². The zero-order valence-corrected chi connectivity index (χ0v) is 19.1. The highest BCUT2D eigenvalue weighted by atomic mass is 32.2. The molecule has 0 aliphatic heterocycles. The van der Waals surface area contributed by atoms with Crippen molar-refractivity contribution in [2.45, 2.75) is 16.2 Å². The van der Waals surface area contributed by atoms with E-state index in [4.69, 9.17) is 11.6 Å². The Balaban J connectivity index is 1.54. The second-order valence-corrected chi connectivity index (χ2v) is 8.24. The van der Waals surface area contributed by atoms with Crippen molar-refractivity contribution < 1.29 is 9.59 Å². The summed E-state index contributed by atoms with van der Waals surface area (Å²) < 4.78 is 0. The maximum absolute atomic E-state index is 12.5. The minimum Gasteiger partial charge on any atom is -0.403 e. The van der Waals surface area contributed by atoms with Gasteiger partial charge in [-0.25, -0.2) is 0 Å². The summed E-state index contributed by atoms with van der Waals surface area (Å²) in [6, 6.07) is 22.6. The Labute approximate surface area is 197 Å². The maximum Gasteiger partial charge on any atom is 0.252 e. The lowest BCUT2D eigenvalue weighted by Gasteiger charge is -2.09. The van der Waals surface area contributed by atoms with Crippen LogP contribution in [-0.4, -0.2) is 25.4 Å². The Hall–Kier alpha value is -3.75. The summed E-state index contributed by atoms with van der Waals surface area (Å²) in [5.74, 6) is 5.17. The molecule has 3 aromatic rings. The van der Waals surface area contributed by atoms with Crippen molar-refractivity contribution in [3.63, 3.8) is 0 Å². The van der Waals surface area contributed by atoms with Crippen LogP contribution in [-0.2, 0) is 6.42 Å². The molecule has 0 bridgehead atoms. The van der Waals surface area contributed by atoms with Gasteiger partial charge in [0.2, 0.25) is 0 Å². The van der Waals surface area contributed by atoms with E-state index in [2.05, 4.69) is 16.1 Å². The molecule has 0 unspecified atom stereocenters. The summed E-state index contributed by atoms with van der Waals surface area (Å²) >= 11 is 1.48. The number of nitrogens with two attached hydrogens (primary N) is 2. The van der Waals surface area contributed by atoms with E-state index in [9.17, 15) is 9.59 Å². The van der Waals surface area contributed by atoms with Crippen LogP contribution in [0.2, 0.25) is 0 Å². The number of carbonyl (C=O) groups is 2. The monoisotopic (exact) mass is 461 g/mol. The number of rotatable bonds is 9. The molecule has 7 nitrogen and oxygen atoms in total. The topological polar surface area (TPSA) is 122 Å². The Morgan fingerprint density at radius 1 is 0.909 bits per heavy atom. The van der Waals surface area contributed by atoms with E-state index in [1.165, 1.54) is 18.0 Å². The summed E-state index contributed by atoms with van der Waals surface area (Å²) in [7, 11) is 1.61. The fourth-order valence-corrected chi connectivity index (χ4v) is 4.12. The Morgan fingerprint density at radius 2 is 1.58 bits per heavy atom. The van der Waals surface area contributed by atoms with Crippen LogP contribution in [0.3, 0.4) is 0 Å². The molecule has 0 saturated heterocycles. The van der Waals surface area contributed by atoms with Crippen LogP contribution in [0.15, 0.2) is 88.8 Å². The molecule has 7 N–H and O–H groups in total. The number of carbonyl (C=O) groups excluding carboxylic acids is 2. The molecular weight excluding hydrogens is 434 g/mol. The highest BCUT2D eigenvalue weighted by molar-refractivity contribution is 7.99.